The van der Waals surface area contributed by atoms with E-state index in [0.29, 0.717) is 12.8 Å². The SMILES string of the molecule is C=CC(=O)OC(C#N)(CCCCC)CCCOc1ccccc1C(=O)Oc1ccccc1F. The second-order valence-corrected chi connectivity index (χ2v) is 7.46. The highest BCUT2D eigenvalue weighted by Crippen LogP contribution is 2.27. The first-order valence-electron chi connectivity index (χ1n) is 10.9. The molecule has 2 aromatic carbocycles. The van der Waals surface area contributed by atoms with Crippen molar-refractivity contribution in [1.82, 2.24) is 0 Å². The standard InChI is InChI=1S/C26H28FNO5/c1-3-5-10-16-26(19-28,33-24(29)4-2)17-11-18-31-22-14-8-6-12-20(22)25(30)32-23-15-9-7-13-21(23)27/h4,6-9,12-15H,2-3,5,10-11,16-18H2,1H3. The van der Waals surface area contributed by atoms with Gasteiger partial charge in [-0.2, -0.15) is 5.26 Å². The smallest absolute Gasteiger partial charge is 0.347 e. The lowest BCUT2D eigenvalue weighted by Gasteiger charge is -2.26. The first-order valence-corrected chi connectivity index (χ1v) is 10.9. The van der Waals surface area contributed by atoms with E-state index in [1.807, 2.05) is 6.92 Å². The Morgan fingerprint density at radius 3 is 2.39 bits per heavy atom. The first kappa shape index (κ1) is 25.6. The Morgan fingerprint density at radius 1 is 1.06 bits per heavy atom. The number of rotatable bonds is 13. The molecule has 2 aromatic rings. The zero-order valence-corrected chi connectivity index (χ0v) is 18.7. The topological polar surface area (TPSA) is 85.6 Å². The minimum Gasteiger partial charge on any atom is -0.493 e. The largest absolute Gasteiger partial charge is 0.493 e. The third kappa shape index (κ3) is 7.76. The molecule has 0 fully saturated rings. The average Bonchev–Trinajstić information content (AvgIpc) is 2.83. The molecule has 0 saturated heterocycles. The monoisotopic (exact) mass is 453 g/mol. The normalized spacial score (nSPS) is 12.2. The molecule has 0 aliphatic heterocycles. The van der Waals surface area contributed by atoms with Crippen LogP contribution in [0.3, 0.4) is 0 Å². The maximum absolute atomic E-state index is 13.8. The Hall–Kier alpha value is -3.66. The second-order valence-electron chi connectivity index (χ2n) is 7.46. The Balaban J connectivity index is 2.02. The molecule has 2 rings (SSSR count). The summed E-state index contributed by atoms with van der Waals surface area (Å²) in [6, 6.07) is 14.2. The zero-order valence-electron chi connectivity index (χ0n) is 18.7. The highest BCUT2D eigenvalue weighted by atomic mass is 19.1. The number of nitriles is 1. The van der Waals surface area contributed by atoms with Gasteiger partial charge in [0.15, 0.2) is 17.2 Å². The lowest BCUT2D eigenvalue weighted by molar-refractivity contribution is -0.149. The van der Waals surface area contributed by atoms with E-state index in [0.717, 1.165) is 25.3 Å². The number of carbonyl (C=O) groups is 2. The lowest BCUT2D eigenvalue weighted by Crippen LogP contribution is -2.33. The molecule has 7 heteroatoms. The molecule has 0 aromatic heterocycles. The van der Waals surface area contributed by atoms with Crippen LogP contribution in [0.5, 0.6) is 11.5 Å². The molecule has 0 N–H and O–H groups in total. The quantitative estimate of drug-likeness (QED) is 0.165. The maximum atomic E-state index is 13.8. The van der Waals surface area contributed by atoms with Gasteiger partial charge in [-0.3, -0.25) is 0 Å². The maximum Gasteiger partial charge on any atom is 0.347 e. The van der Waals surface area contributed by atoms with Crippen molar-refractivity contribution in [3.8, 4) is 17.6 Å². The van der Waals surface area contributed by atoms with E-state index in [1.54, 1.807) is 24.3 Å². The summed E-state index contributed by atoms with van der Waals surface area (Å²) < 4.78 is 30.1. The van der Waals surface area contributed by atoms with Gasteiger partial charge >= 0.3 is 11.9 Å². The van der Waals surface area contributed by atoms with Crippen molar-refractivity contribution in [3.05, 3.63) is 72.6 Å². The van der Waals surface area contributed by atoms with Crippen LogP contribution < -0.4 is 9.47 Å². The van der Waals surface area contributed by atoms with E-state index in [2.05, 4.69) is 12.6 Å². The van der Waals surface area contributed by atoms with Crippen molar-refractivity contribution >= 4 is 11.9 Å². The predicted molar refractivity (Wildman–Crippen MR) is 121 cm³/mol. The summed E-state index contributed by atoms with van der Waals surface area (Å²) in [6.45, 7) is 5.62. The van der Waals surface area contributed by atoms with Crippen LogP contribution in [0.4, 0.5) is 4.39 Å². The molecule has 0 spiro atoms. The summed E-state index contributed by atoms with van der Waals surface area (Å²) in [5.41, 5.74) is -1.11. The van der Waals surface area contributed by atoms with Gasteiger partial charge in [-0.15, -0.1) is 0 Å². The van der Waals surface area contributed by atoms with Crippen molar-refractivity contribution in [3.63, 3.8) is 0 Å². The van der Waals surface area contributed by atoms with Crippen LogP contribution in [0.15, 0.2) is 61.2 Å². The molecule has 0 aliphatic rings. The molecule has 0 heterocycles. The minimum absolute atomic E-state index is 0.147. The summed E-state index contributed by atoms with van der Waals surface area (Å²) in [7, 11) is 0. The summed E-state index contributed by atoms with van der Waals surface area (Å²) in [5, 5.41) is 9.72. The summed E-state index contributed by atoms with van der Waals surface area (Å²) >= 11 is 0. The molecule has 0 amide bonds. The fourth-order valence-corrected chi connectivity index (χ4v) is 3.24. The van der Waals surface area contributed by atoms with E-state index in [9.17, 15) is 19.2 Å². The van der Waals surface area contributed by atoms with Gasteiger partial charge in [0.1, 0.15) is 17.4 Å². The molecule has 174 valence electrons. The summed E-state index contributed by atoms with van der Waals surface area (Å²) in [6.07, 6.45) is 4.78. The number of nitrogens with zero attached hydrogens (tertiary/aromatic N) is 1. The number of hydrogen-bond acceptors (Lipinski definition) is 6. The molecule has 0 aliphatic carbocycles. The van der Waals surface area contributed by atoms with Crippen LogP contribution in [-0.4, -0.2) is 24.1 Å². The predicted octanol–water partition coefficient (Wildman–Crippen LogP) is 5.78. The third-order valence-corrected chi connectivity index (χ3v) is 4.98. The van der Waals surface area contributed by atoms with Crippen LogP contribution in [0, 0.1) is 17.1 Å². The van der Waals surface area contributed by atoms with Crippen molar-refractivity contribution in [2.75, 3.05) is 6.61 Å². The van der Waals surface area contributed by atoms with Gasteiger partial charge in [-0.05, 0) is 37.1 Å². The van der Waals surface area contributed by atoms with Crippen LogP contribution >= 0.6 is 0 Å². The number of para-hydroxylation sites is 2. The molecular formula is C26H28FNO5. The molecular weight excluding hydrogens is 425 g/mol. The number of esters is 2. The van der Waals surface area contributed by atoms with Gasteiger partial charge in [-0.1, -0.05) is 50.6 Å². The van der Waals surface area contributed by atoms with Gasteiger partial charge in [0.25, 0.3) is 0 Å². The number of halogens is 1. The fraction of sp³-hybridized carbons (Fsp3) is 0.346. The van der Waals surface area contributed by atoms with E-state index >= 15 is 0 Å². The number of unbranched alkanes of at least 4 members (excludes halogenated alkanes) is 2. The number of benzene rings is 2. The molecule has 0 bridgehead atoms. The van der Waals surface area contributed by atoms with Crippen LogP contribution in [0.1, 0.15) is 55.8 Å². The van der Waals surface area contributed by atoms with E-state index in [1.165, 1.54) is 24.3 Å². The van der Waals surface area contributed by atoms with Gasteiger partial charge < -0.3 is 14.2 Å². The Morgan fingerprint density at radius 2 is 1.73 bits per heavy atom. The number of hydrogen-bond donors (Lipinski definition) is 0. The van der Waals surface area contributed by atoms with E-state index < -0.39 is 23.4 Å². The molecule has 6 nitrogen and oxygen atoms in total. The molecule has 1 atom stereocenters. The zero-order chi connectivity index (χ0) is 24.1. The highest BCUT2D eigenvalue weighted by Gasteiger charge is 2.33. The van der Waals surface area contributed by atoms with Crippen LogP contribution in [-0.2, 0) is 9.53 Å². The minimum atomic E-state index is -1.26. The third-order valence-electron chi connectivity index (χ3n) is 4.98. The Kier molecular flexibility index (Phi) is 10.1. The lowest BCUT2D eigenvalue weighted by atomic mass is 9.92. The van der Waals surface area contributed by atoms with Crippen molar-refractivity contribution in [2.24, 2.45) is 0 Å². The van der Waals surface area contributed by atoms with Gasteiger partial charge in [0, 0.05) is 18.9 Å². The highest BCUT2D eigenvalue weighted by molar-refractivity contribution is 5.94. The van der Waals surface area contributed by atoms with Crippen LogP contribution in [0.25, 0.3) is 0 Å². The molecule has 0 saturated carbocycles. The van der Waals surface area contributed by atoms with Crippen molar-refractivity contribution < 1.29 is 28.2 Å². The van der Waals surface area contributed by atoms with Crippen molar-refractivity contribution in [1.29, 1.82) is 5.26 Å². The Bertz CT molecular complexity index is 1000. The molecule has 1 unspecified atom stereocenters. The molecule has 0 radical (unpaired) electrons. The number of carbonyl (C=O) groups excluding carboxylic acids is 2. The van der Waals surface area contributed by atoms with Gasteiger partial charge in [-0.25, -0.2) is 14.0 Å². The van der Waals surface area contributed by atoms with E-state index in [-0.39, 0.29) is 30.1 Å². The van der Waals surface area contributed by atoms with Gasteiger partial charge in [0.05, 0.1) is 6.61 Å². The van der Waals surface area contributed by atoms with E-state index in [4.69, 9.17) is 14.2 Å². The van der Waals surface area contributed by atoms with Crippen molar-refractivity contribution in [2.45, 2.75) is 51.0 Å². The van der Waals surface area contributed by atoms with Gasteiger partial charge in [0.2, 0.25) is 0 Å². The average molecular weight is 454 g/mol. The Labute approximate surface area is 193 Å². The first-order chi connectivity index (χ1) is 15.9. The number of ether oxygens (including phenoxy) is 3. The summed E-state index contributed by atoms with van der Waals surface area (Å²) in [4.78, 5) is 24.3. The van der Waals surface area contributed by atoms with Crippen LogP contribution in [0.2, 0.25) is 0 Å². The summed E-state index contributed by atoms with van der Waals surface area (Å²) in [5.74, 6) is -1.94. The fourth-order valence-electron chi connectivity index (χ4n) is 3.24. The second kappa shape index (κ2) is 13.0. The molecule has 33 heavy (non-hydrogen) atoms.